The summed E-state index contributed by atoms with van der Waals surface area (Å²) in [6, 6.07) is 0. The van der Waals surface area contributed by atoms with Crippen LogP contribution in [-0.4, -0.2) is 17.6 Å². The first-order valence-electron chi connectivity index (χ1n) is 5.03. The highest BCUT2D eigenvalue weighted by atomic mass is 16.5. The SMILES string of the molecule is C=C(C)C(=O)OCC[n+]1cc[nH]c1CC. The molecule has 0 fully saturated rings. The molecule has 0 unspecified atom stereocenters. The number of aryl methyl sites for hydroxylation is 1. The van der Waals surface area contributed by atoms with E-state index in [2.05, 4.69) is 18.5 Å². The second-order valence-electron chi connectivity index (χ2n) is 3.37. The van der Waals surface area contributed by atoms with Gasteiger partial charge in [0.15, 0.2) is 0 Å². The van der Waals surface area contributed by atoms with E-state index in [-0.39, 0.29) is 5.97 Å². The topological polar surface area (TPSA) is 46.0 Å². The fourth-order valence-electron chi connectivity index (χ4n) is 1.27. The Bertz CT molecular complexity index is 355. The van der Waals surface area contributed by atoms with E-state index in [0.717, 1.165) is 12.2 Å². The van der Waals surface area contributed by atoms with Gasteiger partial charge in [0.1, 0.15) is 25.5 Å². The highest BCUT2D eigenvalue weighted by Crippen LogP contribution is 1.92. The number of esters is 1. The summed E-state index contributed by atoms with van der Waals surface area (Å²) in [5, 5.41) is 0. The van der Waals surface area contributed by atoms with E-state index in [0.29, 0.717) is 18.7 Å². The molecule has 4 heteroatoms. The van der Waals surface area contributed by atoms with E-state index in [4.69, 9.17) is 4.74 Å². The Morgan fingerprint density at radius 3 is 3.00 bits per heavy atom. The molecule has 0 bridgehead atoms. The van der Waals surface area contributed by atoms with Crippen molar-refractivity contribution in [3.8, 4) is 0 Å². The number of carbonyl (C=O) groups is 1. The molecule has 1 N–H and O–H groups in total. The van der Waals surface area contributed by atoms with Gasteiger partial charge < -0.3 is 4.74 Å². The lowest BCUT2D eigenvalue weighted by Crippen LogP contribution is -2.38. The maximum absolute atomic E-state index is 11.1. The van der Waals surface area contributed by atoms with Gasteiger partial charge in [-0.05, 0) is 6.92 Å². The molecule has 1 aromatic heterocycles. The van der Waals surface area contributed by atoms with E-state index in [1.807, 2.05) is 17.0 Å². The molecule has 1 heterocycles. The maximum atomic E-state index is 11.1. The van der Waals surface area contributed by atoms with Crippen LogP contribution in [-0.2, 0) is 22.5 Å². The number of ether oxygens (including phenoxy) is 1. The Hall–Kier alpha value is -1.58. The summed E-state index contributed by atoms with van der Waals surface area (Å²) in [6.07, 6.45) is 4.74. The summed E-state index contributed by atoms with van der Waals surface area (Å²) in [5.74, 6) is 0.797. The van der Waals surface area contributed by atoms with Crippen LogP contribution in [0.1, 0.15) is 19.7 Å². The van der Waals surface area contributed by atoms with Crippen molar-refractivity contribution in [3.63, 3.8) is 0 Å². The predicted molar refractivity (Wildman–Crippen MR) is 56.1 cm³/mol. The number of nitrogens with one attached hydrogen (secondary N) is 1. The first kappa shape index (κ1) is 11.5. The van der Waals surface area contributed by atoms with Gasteiger partial charge in [-0.25, -0.2) is 14.3 Å². The van der Waals surface area contributed by atoms with Crippen LogP contribution in [0.4, 0.5) is 0 Å². The monoisotopic (exact) mass is 209 g/mol. The van der Waals surface area contributed by atoms with Gasteiger partial charge in [-0.15, -0.1) is 0 Å². The molecule has 0 aliphatic heterocycles. The van der Waals surface area contributed by atoms with Crippen LogP contribution in [0.5, 0.6) is 0 Å². The van der Waals surface area contributed by atoms with Crippen molar-refractivity contribution in [1.82, 2.24) is 4.98 Å². The smallest absolute Gasteiger partial charge is 0.333 e. The number of imidazole rings is 1. The molecule has 0 radical (unpaired) electrons. The Balaban J connectivity index is 2.38. The van der Waals surface area contributed by atoms with Gasteiger partial charge in [-0.3, -0.25) is 0 Å². The summed E-state index contributed by atoms with van der Waals surface area (Å²) < 4.78 is 7.04. The number of hydrogen-bond donors (Lipinski definition) is 1. The average Bonchev–Trinajstić information content (AvgIpc) is 2.65. The lowest BCUT2D eigenvalue weighted by Gasteiger charge is -2.02. The van der Waals surface area contributed by atoms with E-state index in [1.165, 1.54) is 0 Å². The fourth-order valence-corrected chi connectivity index (χ4v) is 1.27. The molecule has 0 aromatic carbocycles. The highest BCUT2D eigenvalue weighted by Gasteiger charge is 2.09. The molecule has 0 spiro atoms. The van der Waals surface area contributed by atoms with Crippen LogP contribution < -0.4 is 4.57 Å². The zero-order chi connectivity index (χ0) is 11.3. The van der Waals surface area contributed by atoms with Crippen molar-refractivity contribution < 1.29 is 14.1 Å². The van der Waals surface area contributed by atoms with Gasteiger partial charge in [0.25, 0.3) is 5.82 Å². The third-order valence-corrected chi connectivity index (χ3v) is 2.10. The summed E-state index contributed by atoms with van der Waals surface area (Å²) in [4.78, 5) is 14.2. The van der Waals surface area contributed by atoms with Crippen LogP contribution in [0.15, 0.2) is 24.5 Å². The van der Waals surface area contributed by atoms with E-state index in [1.54, 1.807) is 6.92 Å². The molecule has 0 aliphatic carbocycles. The van der Waals surface area contributed by atoms with Crippen molar-refractivity contribution in [3.05, 3.63) is 30.4 Å². The van der Waals surface area contributed by atoms with Crippen LogP contribution in [0.25, 0.3) is 0 Å². The number of nitrogens with zero attached hydrogens (tertiary/aromatic N) is 1. The maximum Gasteiger partial charge on any atom is 0.333 e. The number of hydrogen-bond acceptors (Lipinski definition) is 2. The Morgan fingerprint density at radius 2 is 2.40 bits per heavy atom. The molecule has 15 heavy (non-hydrogen) atoms. The summed E-state index contributed by atoms with van der Waals surface area (Å²) in [7, 11) is 0. The normalized spacial score (nSPS) is 10.0. The molecule has 1 aromatic rings. The molecular weight excluding hydrogens is 192 g/mol. The minimum Gasteiger partial charge on any atom is -0.458 e. The molecule has 0 atom stereocenters. The van der Waals surface area contributed by atoms with E-state index >= 15 is 0 Å². The van der Waals surface area contributed by atoms with Crippen LogP contribution in [0.2, 0.25) is 0 Å². The fraction of sp³-hybridized carbons (Fsp3) is 0.455. The lowest BCUT2D eigenvalue weighted by atomic mass is 10.4. The van der Waals surface area contributed by atoms with Crippen LogP contribution in [0, 0.1) is 0 Å². The molecular formula is C11H17N2O2+. The minimum absolute atomic E-state index is 0.329. The standard InChI is InChI=1S/C11H16N2O2/c1-4-10-12-5-6-13(10)7-8-15-11(14)9(2)3/h5-6H,2,4,7-8H2,1,3H3/p+1. The van der Waals surface area contributed by atoms with Crippen LogP contribution in [0.3, 0.4) is 0 Å². The number of rotatable bonds is 5. The molecule has 0 amide bonds. The van der Waals surface area contributed by atoms with Crippen molar-refractivity contribution in [2.75, 3.05) is 6.61 Å². The highest BCUT2D eigenvalue weighted by molar-refractivity contribution is 5.86. The molecule has 4 nitrogen and oxygen atoms in total. The van der Waals surface area contributed by atoms with Gasteiger partial charge in [0.2, 0.25) is 0 Å². The number of carbonyl (C=O) groups excluding carboxylic acids is 1. The number of H-pyrrole nitrogens is 1. The third kappa shape index (κ3) is 3.23. The van der Waals surface area contributed by atoms with Crippen molar-refractivity contribution in [2.45, 2.75) is 26.8 Å². The van der Waals surface area contributed by atoms with Crippen molar-refractivity contribution in [2.24, 2.45) is 0 Å². The molecule has 82 valence electrons. The quantitative estimate of drug-likeness (QED) is 0.446. The molecule has 0 saturated heterocycles. The van der Waals surface area contributed by atoms with Gasteiger partial charge in [-0.2, -0.15) is 0 Å². The second kappa shape index (κ2) is 5.34. The predicted octanol–water partition coefficient (Wildman–Crippen LogP) is 0.984. The molecule has 0 aliphatic rings. The third-order valence-electron chi connectivity index (χ3n) is 2.10. The molecule has 1 rings (SSSR count). The van der Waals surface area contributed by atoms with Crippen molar-refractivity contribution >= 4 is 5.97 Å². The summed E-state index contributed by atoms with van der Waals surface area (Å²) in [5.41, 5.74) is 0.435. The molecule has 0 saturated carbocycles. The number of aromatic amines is 1. The van der Waals surface area contributed by atoms with Gasteiger partial charge in [-0.1, -0.05) is 13.5 Å². The Morgan fingerprint density at radius 1 is 1.67 bits per heavy atom. The average molecular weight is 209 g/mol. The summed E-state index contributed by atoms with van der Waals surface area (Å²) in [6.45, 7) is 8.28. The lowest BCUT2D eigenvalue weighted by molar-refractivity contribution is -0.703. The largest absolute Gasteiger partial charge is 0.458 e. The zero-order valence-electron chi connectivity index (χ0n) is 9.25. The van der Waals surface area contributed by atoms with Gasteiger partial charge in [0, 0.05) is 12.0 Å². The minimum atomic E-state index is -0.329. The Kier molecular flexibility index (Phi) is 4.09. The van der Waals surface area contributed by atoms with Crippen molar-refractivity contribution in [1.29, 1.82) is 0 Å². The first-order valence-corrected chi connectivity index (χ1v) is 5.03. The van der Waals surface area contributed by atoms with Crippen LogP contribution >= 0.6 is 0 Å². The zero-order valence-corrected chi connectivity index (χ0v) is 9.25. The van der Waals surface area contributed by atoms with E-state index in [9.17, 15) is 4.79 Å². The van der Waals surface area contributed by atoms with Gasteiger partial charge in [0.05, 0.1) is 0 Å². The second-order valence-corrected chi connectivity index (χ2v) is 3.37. The van der Waals surface area contributed by atoms with E-state index < -0.39 is 0 Å². The first-order chi connectivity index (χ1) is 7.15. The Labute approximate surface area is 89.6 Å². The number of aromatic nitrogens is 2. The summed E-state index contributed by atoms with van der Waals surface area (Å²) >= 11 is 0. The van der Waals surface area contributed by atoms with Gasteiger partial charge >= 0.3 is 5.97 Å².